The molecule has 3 nitrogen and oxygen atoms in total. The Balaban J connectivity index is 2.09. The molecule has 18 heavy (non-hydrogen) atoms. The summed E-state index contributed by atoms with van der Waals surface area (Å²) in [6.07, 6.45) is -0.254. The Hall–Kier alpha value is -0.653. The number of β-lactam (4-membered cyclic amide) rings is 1. The number of carbonyl (C=O) groups is 1. The first-order chi connectivity index (χ1) is 8.65. The number of amides is 1. The van der Waals surface area contributed by atoms with Gasteiger partial charge in [0.15, 0.2) is 8.32 Å². The molecule has 1 aromatic rings. The van der Waals surface area contributed by atoms with Crippen LogP contribution >= 0.6 is 11.3 Å². The Labute approximate surface area is 114 Å². The lowest BCUT2D eigenvalue weighted by atomic mass is 10.0. The van der Waals surface area contributed by atoms with Gasteiger partial charge < -0.3 is 9.74 Å². The standard InChI is InChI=1S/C13H21NO2SSi/c1-4-18(5-2,6-3)16-12-11(14-13(12)15)10-8-7-9-17-10/h7-9,11-12H,4-6H2,1-3H3,(H,14,15). The Morgan fingerprint density at radius 2 is 2.00 bits per heavy atom. The van der Waals surface area contributed by atoms with E-state index in [0.717, 1.165) is 18.1 Å². The fourth-order valence-corrected chi connectivity index (χ4v) is 6.03. The first-order valence-corrected chi connectivity index (χ1v) is 10.1. The van der Waals surface area contributed by atoms with Crippen molar-refractivity contribution < 1.29 is 9.22 Å². The highest BCUT2D eigenvalue weighted by Gasteiger charge is 2.46. The minimum Gasteiger partial charge on any atom is -0.403 e. The summed E-state index contributed by atoms with van der Waals surface area (Å²) >= 11 is 1.68. The van der Waals surface area contributed by atoms with E-state index in [4.69, 9.17) is 4.43 Å². The van der Waals surface area contributed by atoms with Gasteiger partial charge in [-0.15, -0.1) is 11.3 Å². The van der Waals surface area contributed by atoms with Gasteiger partial charge in [-0.05, 0) is 29.6 Å². The summed E-state index contributed by atoms with van der Waals surface area (Å²) in [5.74, 6) is 0.0561. The second-order valence-electron chi connectivity index (χ2n) is 4.78. The third-order valence-electron chi connectivity index (χ3n) is 4.02. The third-order valence-corrected chi connectivity index (χ3v) is 9.59. The number of nitrogens with one attached hydrogen (secondary N) is 1. The summed E-state index contributed by atoms with van der Waals surface area (Å²) in [6, 6.07) is 7.42. The molecule has 0 aromatic carbocycles. The zero-order valence-electron chi connectivity index (χ0n) is 11.2. The summed E-state index contributed by atoms with van der Waals surface area (Å²) < 4.78 is 6.30. The fraction of sp³-hybridized carbons (Fsp3) is 0.615. The van der Waals surface area contributed by atoms with E-state index in [2.05, 4.69) is 32.2 Å². The van der Waals surface area contributed by atoms with Crippen molar-refractivity contribution in [2.24, 2.45) is 0 Å². The summed E-state index contributed by atoms with van der Waals surface area (Å²) in [5, 5.41) is 5.00. The van der Waals surface area contributed by atoms with Gasteiger partial charge in [-0.3, -0.25) is 4.79 Å². The largest absolute Gasteiger partial charge is 0.403 e. The summed E-state index contributed by atoms with van der Waals surface area (Å²) in [6.45, 7) is 6.57. The highest BCUT2D eigenvalue weighted by atomic mass is 32.1. The molecule has 2 atom stereocenters. The number of hydrogen-bond donors (Lipinski definition) is 1. The number of carbonyl (C=O) groups excluding carboxylic acids is 1. The molecular weight excluding hydrogens is 262 g/mol. The zero-order valence-corrected chi connectivity index (χ0v) is 13.0. The van der Waals surface area contributed by atoms with E-state index in [1.807, 2.05) is 11.4 Å². The van der Waals surface area contributed by atoms with Gasteiger partial charge in [0.05, 0.1) is 6.04 Å². The molecule has 100 valence electrons. The quantitative estimate of drug-likeness (QED) is 0.642. The van der Waals surface area contributed by atoms with Crippen LogP contribution in [0, 0.1) is 0 Å². The van der Waals surface area contributed by atoms with Gasteiger partial charge in [0, 0.05) is 4.88 Å². The van der Waals surface area contributed by atoms with Gasteiger partial charge in [-0.1, -0.05) is 26.8 Å². The van der Waals surface area contributed by atoms with Crippen molar-refractivity contribution >= 4 is 25.6 Å². The van der Waals surface area contributed by atoms with Gasteiger partial charge >= 0.3 is 0 Å². The van der Waals surface area contributed by atoms with Crippen LogP contribution in [0.2, 0.25) is 18.1 Å². The SMILES string of the molecule is CC[Si](CC)(CC)OC1C(=O)NC1c1cccs1. The van der Waals surface area contributed by atoms with Crippen LogP contribution in [0.5, 0.6) is 0 Å². The van der Waals surface area contributed by atoms with E-state index < -0.39 is 8.32 Å². The van der Waals surface area contributed by atoms with Crippen LogP contribution in [-0.4, -0.2) is 20.3 Å². The molecule has 2 rings (SSSR count). The molecule has 0 radical (unpaired) electrons. The predicted molar refractivity (Wildman–Crippen MR) is 77.3 cm³/mol. The maximum atomic E-state index is 11.8. The van der Waals surface area contributed by atoms with Crippen molar-refractivity contribution in [3.8, 4) is 0 Å². The molecule has 0 aliphatic carbocycles. The lowest BCUT2D eigenvalue weighted by Crippen LogP contribution is -2.60. The number of thiophene rings is 1. The maximum absolute atomic E-state index is 11.8. The molecule has 1 aromatic heterocycles. The van der Waals surface area contributed by atoms with Gasteiger partial charge in [-0.25, -0.2) is 0 Å². The number of hydrogen-bond acceptors (Lipinski definition) is 3. The van der Waals surface area contributed by atoms with Crippen molar-refractivity contribution in [1.29, 1.82) is 0 Å². The van der Waals surface area contributed by atoms with E-state index in [1.54, 1.807) is 11.3 Å². The van der Waals surface area contributed by atoms with E-state index in [0.29, 0.717) is 0 Å². The Morgan fingerprint density at radius 3 is 2.44 bits per heavy atom. The average Bonchev–Trinajstić information content (AvgIpc) is 2.91. The van der Waals surface area contributed by atoms with E-state index >= 15 is 0 Å². The van der Waals surface area contributed by atoms with E-state index in [1.165, 1.54) is 4.88 Å². The van der Waals surface area contributed by atoms with Crippen LogP contribution < -0.4 is 5.32 Å². The molecular formula is C13H21NO2SSi. The first kappa shape index (κ1) is 13.8. The van der Waals surface area contributed by atoms with E-state index in [9.17, 15) is 4.79 Å². The van der Waals surface area contributed by atoms with Crippen LogP contribution in [0.4, 0.5) is 0 Å². The van der Waals surface area contributed by atoms with Crippen LogP contribution in [0.1, 0.15) is 31.7 Å². The highest BCUT2D eigenvalue weighted by Crippen LogP contribution is 2.34. The second kappa shape index (κ2) is 5.55. The van der Waals surface area contributed by atoms with Crippen LogP contribution in [-0.2, 0) is 9.22 Å². The van der Waals surface area contributed by atoms with E-state index in [-0.39, 0.29) is 18.1 Å². The molecule has 1 aliphatic heterocycles. The Kier molecular flexibility index (Phi) is 4.24. The molecule has 1 N–H and O–H groups in total. The molecule has 1 saturated heterocycles. The van der Waals surface area contributed by atoms with Crippen molar-refractivity contribution in [1.82, 2.24) is 5.32 Å². The normalized spacial score (nSPS) is 23.6. The lowest BCUT2D eigenvalue weighted by molar-refractivity contribution is -0.141. The molecule has 0 saturated carbocycles. The second-order valence-corrected chi connectivity index (χ2v) is 10.5. The summed E-state index contributed by atoms with van der Waals surface area (Å²) in [4.78, 5) is 13.0. The Bertz CT molecular complexity index is 395. The van der Waals surface area contributed by atoms with Crippen LogP contribution in [0.25, 0.3) is 0 Å². The van der Waals surface area contributed by atoms with Gasteiger partial charge in [-0.2, -0.15) is 0 Å². The third kappa shape index (κ3) is 2.39. The highest BCUT2D eigenvalue weighted by molar-refractivity contribution is 7.10. The molecule has 2 unspecified atom stereocenters. The zero-order chi connectivity index (χ0) is 13.2. The van der Waals surface area contributed by atoms with Gasteiger partial charge in [0.2, 0.25) is 0 Å². The monoisotopic (exact) mass is 283 g/mol. The summed E-state index contributed by atoms with van der Waals surface area (Å²) in [7, 11) is -1.70. The molecule has 5 heteroatoms. The minimum absolute atomic E-state index is 0.0561. The first-order valence-electron chi connectivity index (χ1n) is 6.67. The fourth-order valence-electron chi connectivity index (χ4n) is 2.45. The van der Waals surface area contributed by atoms with Gasteiger partial charge in [0.25, 0.3) is 5.91 Å². The maximum Gasteiger partial charge on any atom is 0.251 e. The lowest BCUT2D eigenvalue weighted by Gasteiger charge is -2.42. The Morgan fingerprint density at radius 1 is 1.33 bits per heavy atom. The molecule has 2 heterocycles. The smallest absolute Gasteiger partial charge is 0.251 e. The van der Waals surface area contributed by atoms with Crippen LogP contribution in [0.3, 0.4) is 0 Å². The van der Waals surface area contributed by atoms with Crippen molar-refractivity contribution in [2.75, 3.05) is 0 Å². The van der Waals surface area contributed by atoms with Gasteiger partial charge in [0.1, 0.15) is 6.10 Å². The predicted octanol–water partition coefficient (Wildman–Crippen LogP) is 3.31. The molecule has 1 aliphatic rings. The molecule has 0 spiro atoms. The average molecular weight is 283 g/mol. The van der Waals surface area contributed by atoms with Crippen molar-refractivity contribution in [3.05, 3.63) is 22.4 Å². The van der Waals surface area contributed by atoms with Crippen molar-refractivity contribution in [2.45, 2.75) is 51.0 Å². The van der Waals surface area contributed by atoms with Crippen LogP contribution in [0.15, 0.2) is 17.5 Å². The molecule has 0 bridgehead atoms. The topological polar surface area (TPSA) is 38.3 Å². The summed E-state index contributed by atoms with van der Waals surface area (Å²) in [5.41, 5.74) is 0. The molecule has 1 fully saturated rings. The number of rotatable bonds is 6. The minimum atomic E-state index is -1.70. The molecule has 1 amide bonds. The van der Waals surface area contributed by atoms with Crippen molar-refractivity contribution in [3.63, 3.8) is 0 Å².